The molecular formula is C25H30F6N2O7. The summed E-state index contributed by atoms with van der Waals surface area (Å²) in [6, 6.07) is 8.00. The molecule has 2 aliphatic rings. The lowest BCUT2D eigenvalue weighted by molar-refractivity contribution is -0.193. The number of hydrogen-bond acceptors (Lipinski definition) is 7. The SMILES string of the molecule is Cc1ccc(CN2CCC3(CC2)OCCC3CCOc2cccnc2)o1.O=C(O)C(F)(F)F.O=C(O)C(F)(F)F. The molecule has 0 saturated carbocycles. The molecule has 0 aliphatic carbocycles. The minimum absolute atomic E-state index is 0.0495. The molecule has 4 heterocycles. The number of halogens is 6. The van der Waals surface area contributed by atoms with Crippen molar-refractivity contribution in [2.45, 2.75) is 57.1 Å². The maximum absolute atomic E-state index is 10.6. The van der Waals surface area contributed by atoms with Gasteiger partial charge >= 0.3 is 24.3 Å². The average Bonchev–Trinajstić information content (AvgIpc) is 3.46. The topological polar surface area (TPSA) is 122 Å². The number of aromatic nitrogens is 1. The van der Waals surface area contributed by atoms with Gasteiger partial charge in [0, 0.05) is 25.9 Å². The molecule has 1 atom stereocenters. The Hall–Kier alpha value is -3.33. The van der Waals surface area contributed by atoms with Gasteiger partial charge in [0.2, 0.25) is 0 Å². The Balaban J connectivity index is 0.000000333. The van der Waals surface area contributed by atoms with E-state index in [-0.39, 0.29) is 5.60 Å². The minimum Gasteiger partial charge on any atom is -0.492 e. The number of rotatable bonds is 6. The molecule has 2 aromatic rings. The van der Waals surface area contributed by atoms with Crippen LogP contribution in [0.2, 0.25) is 0 Å². The number of carboxylic acids is 2. The van der Waals surface area contributed by atoms with Crippen LogP contribution in [0.15, 0.2) is 41.1 Å². The van der Waals surface area contributed by atoms with Crippen LogP contribution in [0.25, 0.3) is 0 Å². The third-order valence-corrected chi connectivity index (χ3v) is 6.33. The number of carbonyl (C=O) groups is 2. The Morgan fingerprint density at radius 2 is 1.68 bits per heavy atom. The van der Waals surface area contributed by atoms with E-state index < -0.39 is 24.3 Å². The van der Waals surface area contributed by atoms with Crippen molar-refractivity contribution < 1.29 is 60.0 Å². The molecule has 2 fully saturated rings. The van der Waals surface area contributed by atoms with Gasteiger partial charge in [-0.1, -0.05) is 0 Å². The number of furan rings is 1. The van der Waals surface area contributed by atoms with Crippen molar-refractivity contribution >= 4 is 11.9 Å². The first kappa shape index (κ1) is 32.9. The summed E-state index contributed by atoms with van der Waals surface area (Å²) in [4.78, 5) is 24.4. The highest BCUT2D eigenvalue weighted by Crippen LogP contribution is 2.42. The van der Waals surface area contributed by atoms with E-state index >= 15 is 0 Å². The summed E-state index contributed by atoms with van der Waals surface area (Å²) >= 11 is 0. The number of carboxylic acid groups (broad SMARTS) is 2. The van der Waals surface area contributed by atoms with Gasteiger partial charge in [0.05, 0.1) is 24.9 Å². The van der Waals surface area contributed by atoms with Crippen molar-refractivity contribution in [3.05, 3.63) is 48.2 Å². The van der Waals surface area contributed by atoms with Gasteiger partial charge in [0.1, 0.15) is 17.3 Å². The van der Waals surface area contributed by atoms with Gasteiger partial charge in [-0.3, -0.25) is 9.88 Å². The molecule has 2 saturated heterocycles. The normalized spacial score (nSPS) is 18.7. The molecule has 9 nitrogen and oxygen atoms in total. The van der Waals surface area contributed by atoms with Crippen LogP contribution >= 0.6 is 0 Å². The number of pyridine rings is 1. The summed E-state index contributed by atoms with van der Waals surface area (Å²) < 4.78 is 81.3. The van der Waals surface area contributed by atoms with Gasteiger partial charge in [0.15, 0.2) is 0 Å². The van der Waals surface area contributed by atoms with E-state index in [4.69, 9.17) is 33.7 Å². The molecule has 2 aliphatic heterocycles. The van der Waals surface area contributed by atoms with Crippen LogP contribution in [0.1, 0.15) is 37.2 Å². The maximum Gasteiger partial charge on any atom is 0.490 e. The van der Waals surface area contributed by atoms with Gasteiger partial charge < -0.3 is 24.1 Å². The Labute approximate surface area is 225 Å². The average molecular weight is 585 g/mol. The first-order valence-electron chi connectivity index (χ1n) is 12.2. The molecule has 2 aromatic heterocycles. The lowest BCUT2D eigenvalue weighted by atomic mass is 9.78. The lowest BCUT2D eigenvalue weighted by Gasteiger charge is -2.42. The van der Waals surface area contributed by atoms with Crippen molar-refractivity contribution in [2.75, 3.05) is 26.3 Å². The largest absolute Gasteiger partial charge is 0.492 e. The highest BCUT2D eigenvalue weighted by atomic mass is 19.4. The molecule has 2 N–H and O–H groups in total. The maximum atomic E-state index is 10.6. The van der Waals surface area contributed by atoms with E-state index in [0.717, 1.165) is 75.8 Å². The summed E-state index contributed by atoms with van der Waals surface area (Å²) in [6.07, 6.45) is -2.23. The molecule has 224 valence electrons. The summed E-state index contributed by atoms with van der Waals surface area (Å²) in [7, 11) is 0. The van der Waals surface area contributed by atoms with E-state index in [1.807, 2.05) is 25.1 Å². The highest BCUT2D eigenvalue weighted by Gasteiger charge is 2.46. The molecule has 0 radical (unpaired) electrons. The number of alkyl halides is 6. The molecule has 0 aromatic carbocycles. The molecule has 15 heteroatoms. The predicted octanol–water partition coefficient (Wildman–Crippen LogP) is 5.09. The van der Waals surface area contributed by atoms with E-state index in [1.165, 1.54) is 0 Å². The van der Waals surface area contributed by atoms with Crippen LogP contribution in [0.4, 0.5) is 26.3 Å². The zero-order chi connectivity index (χ0) is 30.0. The zero-order valence-corrected chi connectivity index (χ0v) is 21.5. The van der Waals surface area contributed by atoms with Crippen molar-refractivity contribution in [1.82, 2.24) is 9.88 Å². The van der Waals surface area contributed by atoms with Crippen LogP contribution in [0.5, 0.6) is 5.75 Å². The van der Waals surface area contributed by atoms with Crippen molar-refractivity contribution in [2.24, 2.45) is 5.92 Å². The van der Waals surface area contributed by atoms with Crippen molar-refractivity contribution in [1.29, 1.82) is 0 Å². The summed E-state index contributed by atoms with van der Waals surface area (Å²) in [6.45, 7) is 6.66. The van der Waals surface area contributed by atoms with Gasteiger partial charge in [-0.05, 0) is 62.8 Å². The number of nitrogens with zero attached hydrogens (tertiary/aromatic N) is 2. The number of piperidine rings is 1. The smallest absolute Gasteiger partial charge is 0.490 e. The van der Waals surface area contributed by atoms with Crippen LogP contribution in [0.3, 0.4) is 0 Å². The predicted molar refractivity (Wildman–Crippen MR) is 126 cm³/mol. The number of hydrogen-bond donors (Lipinski definition) is 2. The van der Waals surface area contributed by atoms with E-state index in [2.05, 4.69) is 16.0 Å². The second-order valence-corrected chi connectivity index (χ2v) is 9.12. The number of ether oxygens (including phenoxy) is 2. The van der Waals surface area contributed by atoms with Crippen LogP contribution in [-0.4, -0.2) is 76.3 Å². The first-order valence-corrected chi connectivity index (χ1v) is 12.2. The van der Waals surface area contributed by atoms with Gasteiger partial charge in [-0.25, -0.2) is 9.59 Å². The molecule has 40 heavy (non-hydrogen) atoms. The zero-order valence-electron chi connectivity index (χ0n) is 21.5. The molecular weight excluding hydrogens is 554 g/mol. The Morgan fingerprint density at radius 1 is 1.07 bits per heavy atom. The molecule has 0 bridgehead atoms. The second kappa shape index (κ2) is 14.3. The quantitative estimate of drug-likeness (QED) is 0.447. The third kappa shape index (κ3) is 10.7. The van der Waals surface area contributed by atoms with Crippen molar-refractivity contribution in [3.8, 4) is 5.75 Å². The lowest BCUT2D eigenvalue weighted by Crippen LogP contribution is -2.47. The molecule has 1 spiro atoms. The summed E-state index contributed by atoms with van der Waals surface area (Å²) in [5.74, 6) is -2.02. The third-order valence-electron chi connectivity index (χ3n) is 6.33. The monoisotopic (exact) mass is 584 g/mol. The number of aryl methyl sites for hydroxylation is 1. The Kier molecular flexibility index (Phi) is 11.8. The van der Waals surface area contributed by atoms with Crippen LogP contribution in [-0.2, 0) is 20.9 Å². The van der Waals surface area contributed by atoms with Gasteiger partial charge in [-0.15, -0.1) is 0 Å². The highest BCUT2D eigenvalue weighted by molar-refractivity contribution is 5.73. The number of likely N-dealkylation sites (tertiary alicyclic amines) is 1. The first-order chi connectivity index (χ1) is 18.6. The van der Waals surface area contributed by atoms with Crippen LogP contribution < -0.4 is 4.74 Å². The summed E-state index contributed by atoms with van der Waals surface area (Å²) in [5, 5.41) is 14.2. The standard InChI is InChI=1S/C21H28N2O3.2C2HF3O2/c1-17-4-5-20(26-17)16-23-11-8-21(9-12-23)18(7-14-25-21)6-13-24-19-3-2-10-22-15-19;2*3-2(4,5)1(6)7/h2-5,10,15,18H,6-9,11-14,16H2,1H3;2*(H,6,7). The molecule has 4 rings (SSSR count). The van der Waals surface area contributed by atoms with Crippen molar-refractivity contribution in [3.63, 3.8) is 0 Å². The fourth-order valence-corrected chi connectivity index (χ4v) is 4.38. The van der Waals surface area contributed by atoms with E-state index in [0.29, 0.717) is 5.92 Å². The minimum atomic E-state index is -5.08. The fraction of sp³-hybridized carbons (Fsp3) is 0.560. The van der Waals surface area contributed by atoms with Gasteiger partial charge in [0.25, 0.3) is 0 Å². The Morgan fingerprint density at radius 3 is 2.15 bits per heavy atom. The molecule has 1 unspecified atom stereocenters. The van der Waals surface area contributed by atoms with E-state index in [1.54, 1.807) is 12.4 Å². The second-order valence-electron chi connectivity index (χ2n) is 9.12. The van der Waals surface area contributed by atoms with E-state index in [9.17, 15) is 26.3 Å². The molecule has 0 amide bonds. The Bertz CT molecular complexity index is 1040. The van der Waals surface area contributed by atoms with Gasteiger partial charge in [-0.2, -0.15) is 26.3 Å². The van der Waals surface area contributed by atoms with Crippen LogP contribution in [0, 0.1) is 12.8 Å². The number of aliphatic carboxylic acids is 2. The summed E-state index contributed by atoms with van der Waals surface area (Å²) in [5.41, 5.74) is 0.0495. The fourth-order valence-electron chi connectivity index (χ4n) is 4.38.